The third-order valence-corrected chi connectivity index (χ3v) is 5.06. The maximum absolute atomic E-state index is 12.2. The molecule has 2 aromatic carbocycles. The highest BCUT2D eigenvalue weighted by molar-refractivity contribution is 7.91. The smallest absolute Gasteiger partial charge is 0.339 e. The van der Waals surface area contributed by atoms with E-state index >= 15 is 0 Å². The Morgan fingerprint density at radius 3 is 2.39 bits per heavy atom. The highest BCUT2D eigenvalue weighted by Crippen LogP contribution is 2.18. The number of esters is 1. The van der Waals surface area contributed by atoms with Crippen LogP contribution in [0.1, 0.15) is 28.4 Å². The Bertz CT molecular complexity index is 849. The fraction of sp³-hybridized carbons (Fsp3) is 0.176. The second-order valence-corrected chi connectivity index (χ2v) is 7.03. The second kappa shape index (κ2) is 7.07. The molecule has 0 aliphatic carbocycles. The zero-order valence-corrected chi connectivity index (χ0v) is 13.3. The van der Waals surface area contributed by atoms with Gasteiger partial charge in [0.05, 0.1) is 27.8 Å². The predicted octanol–water partition coefficient (Wildman–Crippen LogP) is 2.71. The molecule has 0 aliphatic rings. The Morgan fingerprint density at radius 1 is 1.13 bits per heavy atom. The van der Waals surface area contributed by atoms with E-state index in [9.17, 15) is 13.2 Å². The van der Waals surface area contributed by atoms with Gasteiger partial charge < -0.3 is 4.74 Å². The summed E-state index contributed by atoms with van der Waals surface area (Å²) in [6, 6.07) is 14.6. The molecule has 0 fully saturated rings. The Balaban J connectivity index is 2.17. The van der Waals surface area contributed by atoms with Crippen molar-refractivity contribution in [2.45, 2.75) is 18.4 Å². The summed E-state index contributed by atoms with van der Waals surface area (Å²) in [5.41, 5.74) is 1.26. The van der Waals surface area contributed by atoms with Crippen molar-refractivity contribution in [3.05, 3.63) is 65.2 Å². The van der Waals surface area contributed by atoms with Crippen LogP contribution in [-0.4, -0.2) is 20.1 Å². The Morgan fingerprint density at radius 2 is 1.78 bits per heavy atom. The molecule has 23 heavy (non-hydrogen) atoms. The normalized spacial score (nSPS) is 10.8. The lowest BCUT2D eigenvalue weighted by Gasteiger charge is -2.09. The van der Waals surface area contributed by atoms with Crippen LogP contribution in [0.3, 0.4) is 0 Å². The van der Waals surface area contributed by atoms with E-state index in [0.29, 0.717) is 11.1 Å². The first-order chi connectivity index (χ1) is 11.0. The molecule has 0 saturated carbocycles. The predicted molar refractivity (Wildman–Crippen MR) is 84.4 cm³/mol. The highest BCUT2D eigenvalue weighted by atomic mass is 32.2. The molecular weight excluding hydrogens is 314 g/mol. The quantitative estimate of drug-likeness (QED) is 0.787. The van der Waals surface area contributed by atoms with Crippen LogP contribution in [0.15, 0.2) is 53.4 Å². The van der Waals surface area contributed by atoms with Crippen molar-refractivity contribution in [3.63, 3.8) is 0 Å². The molecule has 0 spiro atoms. The summed E-state index contributed by atoms with van der Waals surface area (Å²) in [6.07, 6.45) is 0. The number of rotatable bonds is 5. The minimum atomic E-state index is -3.50. The summed E-state index contributed by atoms with van der Waals surface area (Å²) in [5, 5.41) is 8.73. The third-order valence-electron chi connectivity index (χ3n) is 3.28. The van der Waals surface area contributed by atoms with E-state index in [-0.39, 0.29) is 22.8 Å². The minimum Gasteiger partial charge on any atom is -0.457 e. The number of benzene rings is 2. The van der Waals surface area contributed by atoms with Crippen molar-refractivity contribution in [1.29, 1.82) is 5.26 Å². The van der Waals surface area contributed by atoms with Crippen molar-refractivity contribution >= 4 is 15.8 Å². The zero-order valence-electron chi connectivity index (χ0n) is 12.5. The van der Waals surface area contributed by atoms with Gasteiger partial charge in [-0.2, -0.15) is 5.26 Å². The number of carbonyl (C=O) groups is 1. The van der Waals surface area contributed by atoms with Crippen LogP contribution in [0.5, 0.6) is 0 Å². The van der Waals surface area contributed by atoms with E-state index in [1.807, 2.05) is 6.07 Å². The average Bonchev–Trinajstić information content (AvgIpc) is 2.60. The van der Waals surface area contributed by atoms with Crippen LogP contribution in [0.25, 0.3) is 0 Å². The lowest BCUT2D eigenvalue weighted by atomic mass is 10.1. The first kappa shape index (κ1) is 16.7. The summed E-state index contributed by atoms with van der Waals surface area (Å²) < 4.78 is 29.2. The van der Waals surface area contributed by atoms with Crippen LogP contribution >= 0.6 is 0 Å². The highest BCUT2D eigenvalue weighted by Gasteiger charge is 2.21. The van der Waals surface area contributed by atoms with Crippen LogP contribution in [0.2, 0.25) is 0 Å². The maximum atomic E-state index is 12.2. The minimum absolute atomic E-state index is 0.00501. The van der Waals surface area contributed by atoms with E-state index in [0.717, 1.165) is 0 Å². The van der Waals surface area contributed by atoms with Crippen molar-refractivity contribution in [2.24, 2.45) is 0 Å². The monoisotopic (exact) mass is 329 g/mol. The van der Waals surface area contributed by atoms with Crippen molar-refractivity contribution in [1.82, 2.24) is 0 Å². The first-order valence-corrected chi connectivity index (χ1v) is 8.61. The molecule has 0 amide bonds. The van der Waals surface area contributed by atoms with Gasteiger partial charge in [0, 0.05) is 0 Å². The van der Waals surface area contributed by atoms with E-state index in [2.05, 4.69) is 0 Å². The average molecular weight is 329 g/mol. The summed E-state index contributed by atoms with van der Waals surface area (Å²) in [7, 11) is -3.50. The summed E-state index contributed by atoms with van der Waals surface area (Å²) in [4.78, 5) is 12.2. The third kappa shape index (κ3) is 3.96. The van der Waals surface area contributed by atoms with Gasteiger partial charge in [0.25, 0.3) is 0 Å². The van der Waals surface area contributed by atoms with Crippen molar-refractivity contribution in [2.75, 3.05) is 5.75 Å². The number of ether oxygens (including phenoxy) is 1. The van der Waals surface area contributed by atoms with Crippen LogP contribution < -0.4 is 0 Å². The van der Waals surface area contributed by atoms with Crippen molar-refractivity contribution < 1.29 is 17.9 Å². The molecule has 0 bridgehead atoms. The van der Waals surface area contributed by atoms with Gasteiger partial charge >= 0.3 is 5.97 Å². The molecular formula is C17H15NO4S. The molecule has 0 aliphatic heterocycles. The van der Waals surface area contributed by atoms with Gasteiger partial charge in [-0.05, 0) is 29.8 Å². The lowest BCUT2D eigenvalue weighted by molar-refractivity contribution is 0.0468. The van der Waals surface area contributed by atoms with Gasteiger partial charge in [-0.3, -0.25) is 0 Å². The van der Waals surface area contributed by atoms with Crippen LogP contribution in [0, 0.1) is 11.3 Å². The number of nitrogens with zero attached hydrogens (tertiary/aromatic N) is 1. The van der Waals surface area contributed by atoms with Gasteiger partial charge in [0.15, 0.2) is 9.84 Å². The number of hydrogen-bond acceptors (Lipinski definition) is 5. The van der Waals surface area contributed by atoms with Crippen LogP contribution in [0.4, 0.5) is 0 Å². The molecule has 0 heterocycles. The number of nitriles is 1. The van der Waals surface area contributed by atoms with Crippen molar-refractivity contribution in [3.8, 4) is 6.07 Å². The topological polar surface area (TPSA) is 84.2 Å². The van der Waals surface area contributed by atoms with E-state index in [1.54, 1.807) is 36.4 Å². The molecule has 2 aromatic rings. The molecule has 0 aromatic heterocycles. The van der Waals surface area contributed by atoms with E-state index < -0.39 is 15.8 Å². The first-order valence-electron chi connectivity index (χ1n) is 6.96. The Labute approximate surface area is 135 Å². The molecule has 118 valence electrons. The molecule has 6 heteroatoms. The Hall–Kier alpha value is -2.65. The standard InChI is InChI=1S/C17H15NO4S/c1-2-23(20,21)16-6-4-3-5-15(16)17(19)22-12-14-9-7-13(11-18)8-10-14/h3-10H,2,12H2,1H3. The SMILES string of the molecule is CCS(=O)(=O)c1ccccc1C(=O)OCc1ccc(C#N)cc1. The molecule has 0 saturated heterocycles. The summed E-state index contributed by atoms with van der Waals surface area (Å²) >= 11 is 0. The number of sulfone groups is 1. The number of hydrogen-bond donors (Lipinski definition) is 0. The number of carbonyl (C=O) groups excluding carboxylic acids is 1. The van der Waals surface area contributed by atoms with E-state index in [4.69, 9.17) is 10.00 Å². The van der Waals surface area contributed by atoms with Crippen LogP contribution in [-0.2, 0) is 21.2 Å². The van der Waals surface area contributed by atoms with E-state index in [1.165, 1.54) is 19.1 Å². The maximum Gasteiger partial charge on any atom is 0.339 e. The molecule has 5 nitrogen and oxygen atoms in total. The molecule has 0 atom stereocenters. The van der Waals surface area contributed by atoms with Gasteiger partial charge in [-0.15, -0.1) is 0 Å². The van der Waals surface area contributed by atoms with Gasteiger partial charge in [0.2, 0.25) is 0 Å². The molecule has 0 N–H and O–H groups in total. The molecule has 2 rings (SSSR count). The largest absolute Gasteiger partial charge is 0.457 e. The fourth-order valence-corrected chi connectivity index (χ4v) is 3.05. The zero-order chi connectivity index (χ0) is 16.9. The lowest BCUT2D eigenvalue weighted by Crippen LogP contribution is -2.13. The van der Waals surface area contributed by atoms with Gasteiger partial charge in [-0.25, -0.2) is 13.2 Å². The van der Waals surface area contributed by atoms with Gasteiger partial charge in [-0.1, -0.05) is 31.2 Å². The fourth-order valence-electron chi connectivity index (χ4n) is 1.96. The molecule has 0 unspecified atom stereocenters. The summed E-state index contributed by atoms with van der Waals surface area (Å²) in [6.45, 7) is 1.53. The summed E-state index contributed by atoms with van der Waals surface area (Å²) in [5.74, 6) is -0.783. The Kier molecular flexibility index (Phi) is 5.14. The second-order valence-electron chi connectivity index (χ2n) is 4.78. The van der Waals surface area contributed by atoms with Gasteiger partial charge in [0.1, 0.15) is 6.61 Å². The molecule has 0 radical (unpaired) electrons.